The van der Waals surface area contributed by atoms with Crippen LogP contribution in [0, 0.1) is 5.82 Å². The maximum Gasteiger partial charge on any atom is 0.254 e. The van der Waals surface area contributed by atoms with Crippen LogP contribution in [0.5, 0.6) is 0 Å². The first-order valence-corrected chi connectivity index (χ1v) is 8.24. The molecular weight excluding hydrogens is 309 g/mol. The summed E-state index contributed by atoms with van der Waals surface area (Å²) in [4.78, 5) is 12.4. The van der Waals surface area contributed by atoms with E-state index in [1.165, 1.54) is 12.1 Å². The second-order valence-electron chi connectivity index (χ2n) is 5.79. The van der Waals surface area contributed by atoms with Gasteiger partial charge in [-0.3, -0.25) is 4.79 Å². The van der Waals surface area contributed by atoms with E-state index in [0.717, 1.165) is 17.8 Å². The van der Waals surface area contributed by atoms with Crippen LogP contribution < -0.4 is 5.32 Å². The van der Waals surface area contributed by atoms with Gasteiger partial charge < -0.3 is 10.1 Å². The largest absolute Gasteiger partial charge is 0.382 e. The number of rotatable bonds is 8. The topological polar surface area (TPSA) is 56.1 Å². The van der Waals surface area contributed by atoms with Gasteiger partial charge in [0, 0.05) is 19.8 Å². The van der Waals surface area contributed by atoms with Crippen LogP contribution in [0.3, 0.4) is 0 Å². The van der Waals surface area contributed by atoms with Crippen LogP contribution >= 0.6 is 0 Å². The van der Waals surface area contributed by atoms with E-state index in [9.17, 15) is 9.18 Å². The Balaban J connectivity index is 2.16. The van der Waals surface area contributed by atoms with Crippen LogP contribution in [0.2, 0.25) is 0 Å². The first-order chi connectivity index (χ1) is 11.5. The molecule has 0 radical (unpaired) electrons. The third-order valence-corrected chi connectivity index (χ3v) is 3.62. The van der Waals surface area contributed by atoms with Crippen LogP contribution in [0.15, 0.2) is 30.5 Å². The van der Waals surface area contributed by atoms with Gasteiger partial charge in [0.2, 0.25) is 0 Å². The number of benzene rings is 1. The summed E-state index contributed by atoms with van der Waals surface area (Å²) in [6, 6.07) is 6.07. The number of nitrogens with one attached hydrogen (secondary N) is 1. The molecule has 130 valence electrons. The monoisotopic (exact) mass is 333 g/mol. The fourth-order valence-corrected chi connectivity index (χ4v) is 2.49. The zero-order valence-electron chi connectivity index (χ0n) is 14.4. The summed E-state index contributed by atoms with van der Waals surface area (Å²) in [6.45, 7) is 7.81. The van der Waals surface area contributed by atoms with Crippen molar-refractivity contribution in [3.8, 4) is 5.69 Å². The van der Waals surface area contributed by atoms with E-state index in [2.05, 4.69) is 10.4 Å². The molecule has 0 unspecified atom stereocenters. The summed E-state index contributed by atoms with van der Waals surface area (Å²) in [5.41, 5.74) is 2.09. The van der Waals surface area contributed by atoms with Gasteiger partial charge in [0.1, 0.15) is 5.82 Å². The fourth-order valence-electron chi connectivity index (χ4n) is 2.49. The van der Waals surface area contributed by atoms with Crippen molar-refractivity contribution in [2.75, 3.05) is 19.8 Å². The minimum Gasteiger partial charge on any atom is -0.382 e. The fraction of sp³-hybridized carbons (Fsp3) is 0.444. The van der Waals surface area contributed by atoms with Gasteiger partial charge in [-0.15, -0.1) is 0 Å². The highest BCUT2D eigenvalue weighted by atomic mass is 19.1. The molecule has 1 aromatic heterocycles. The average molecular weight is 333 g/mol. The predicted molar refractivity (Wildman–Crippen MR) is 91.1 cm³/mol. The highest BCUT2D eigenvalue weighted by Crippen LogP contribution is 2.23. The SMILES string of the molecule is CCOCCCNC(=O)c1cnn(-c2ccc(F)cc2)c1C(C)C. The molecule has 0 fully saturated rings. The maximum absolute atomic E-state index is 13.1. The predicted octanol–water partition coefficient (Wildman–Crippen LogP) is 3.29. The molecule has 0 aliphatic carbocycles. The molecule has 1 aromatic carbocycles. The van der Waals surface area contributed by atoms with Crippen molar-refractivity contribution in [2.24, 2.45) is 0 Å². The lowest BCUT2D eigenvalue weighted by Gasteiger charge is -2.13. The second-order valence-corrected chi connectivity index (χ2v) is 5.79. The van der Waals surface area contributed by atoms with Crippen LogP contribution in [0.4, 0.5) is 4.39 Å². The summed E-state index contributed by atoms with van der Waals surface area (Å²) in [5.74, 6) is -0.352. The summed E-state index contributed by atoms with van der Waals surface area (Å²) >= 11 is 0. The van der Waals surface area contributed by atoms with Gasteiger partial charge in [-0.1, -0.05) is 13.8 Å². The van der Waals surface area contributed by atoms with Crippen molar-refractivity contribution in [3.63, 3.8) is 0 Å². The number of aromatic nitrogens is 2. The normalized spacial score (nSPS) is 11.0. The van der Waals surface area contributed by atoms with Crippen molar-refractivity contribution in [1.29, 1.82) is 0 Å². The Morgan fingerprint density at radius 2 is 2.04 bits per heavy atom. The number of hydrogen-bond donors (Lipinski definition) is 1. The molecule has 1 amide bonds. The Morgan fingerprint density at radius 1 is 1.33 bits per heavy atom. The lowest BCUT2D eigenvalue weighted by atomic mass is 10.0. The molecule has 6 heteroatoms. The molecule has 0 spiro atoms. The molecule has 0 atom stereocenters. The average Bonchev–Trinajstić information content (AvgIpc) is 3.00. The van der Waals surface area contributed by atoms with E-state index in [0.29, 0.717) is 25.3 Å². The number of halogens is 1. The molecule has 0 aliphatic heterocycles. The lowest BCUT2D eigenvalue weighted by molar-refractivity contribution is 0.0943. The smallest absolute Gasteiger partial charge is 0.254 e. The van der Waals surface area contributed by atoms with E-state index in [1.807, 2.05) is 20.8 Å². The number of amides is 1. The van der Waals surface area contributed by atoms with Crippen molar-refractivity contribution in [1.82, 2.24) is 15.1 Å². The number of carbonyl (C=O) groups excluding carboxylic acids is 1. The lowest BCUT2D eigenvalue weighted by Crippen LogP contribution is -2.26. The highest BCUT2D eigenvalue weighted by molar-refractivity contribution is 5.95. The number of hydrogen-bond acceptors (Lipinski definition) is 3. The van der Waals surface area contributed by atoms with Gasteiger partial charge >= 0.3 is 0 Å². The Hall–Kier alpha value is -2.21. The number of ether oxygens (including phenoxy) is 1. The molecule has 0 saturated carbocycles. The number of nitrogens with zero attached hydrogens (tertiary/aromatic N) is 2. The van der Waals surface area contributed by atoms with Crippen LogP contribution in [-0.2, 0) is 4.74 Å². The standard InChI is InChI=1S/C18H24FN3O2/c1-4-24-11-5-10-20-18(23)16-12-21-22(17(16)13(2)3)15-8-6-14(19)7-9-15/h6-9,12-13H,4-5,10-11H2,1-3H3,(H,20,23). The van der Waals surface area contributed by atoms with Gasteiger partial charge in [0.05, 0.1) is 23.1 Å². The van der Waals surface area contributed by atoms with Gasteiger partial charge in [0.15, 0.2) is 0 Å². The number of carbonyl (C=O) groups is 1. The summed E-state index contributed by atoms with van der Waals surface area (Å²) in [7, 11) is 0. The molecule has 1 heterocycles. The summed E-state index contributed by atoms with van der Waals surface area (Å²) in [5, 5.41) is 7.22. The Morgan fingerprint density at radius 3 is 2.67 bits per heavy atom. The zero-order chi connectivity index (χ0) is 17.5. The summed E-state index contributed by atoms with van der Waals surface area (Å²) < 4.78 is 20.1. The molecule has 1 N–H and O–H groups in total. The Bertz CT molecular complexity index is 665. The molecule has 0 aliphatic rings. The third-order valence-electron chi connectivity index (χ3n) is 3.62. The molecule has 0 saturated heterocycles. The van der Waals surface area contributed by atoms with Crippen LogP contribution in [0.25, 0.3) is 5.69 Å². The Kier molecular flexibility index (Phi) is 6.49. The molecule has 0 bridgehead atoms. The van der Waals surface area contributed by atoms with Crippen LogP contribution in [-0.4, -0.2) is 35.4 Å². The highest BCUT2D eigenvalue weighted by Gasteiger charge is 2.20. The first kappa shape index (κ1) is 18.1. The molecule has 24 heavy (non-hydrogen) atoms. The minimum absolute atomic E-state index is 0.0988. The Labute approximate surface area is 141 Å². The first-order valence-electron chi connectivity index (χ1n) is 8.24. The van der Waals surface area contributed by atoms with E-state index in [1.54, 1.807) is 23.0 Å². The van der Waals surface area contributed by atoms with Crippen molar-refractivity contribution < 1.29 is 13.9 Å². The third kappa shape index (κ3) is 4.41. The van der Waals surface area contributed by atoms with Crippen molar-refractivity contribution in [3.05, 3.63) is 47.5 Å². The second kappa shape index (κ2) is 8.59. The van der Waals surface area contributed by atoms with Gasteiger partial charge in [-0.2, -0.15) is 5.10 Å². The van der Waals surface area contributed by atoms with E-state index < -0.39 is 0 Å². The van der Waals surface area contributed by atoms with E-state index in [4.69, 9.17) is 4.74 Å². The summed E-state index contributed by atoms with van der Waals surface area (Å²) in [6.07, 6.45) is 2.33. The van der Waals surface area contributed by atoms with Crippen LogP contribution in [0.1, 0.15) is 49.2 Å². The van der Waals surface area contributed by atoms with Gasteiger partial charge in [-0.25, -0.2) is 9.07 Å². The molecular formula is C18H24FN3O2. The quantitative estimate of drug-likeness (QED) is 0.754. The van der Waals surface area contributed by atoms with Gasteiger partial charge in [0.25, 0.3) is 5.91 Å². The zero-order valence-corrected chi connectivity index (χ0v) is 14.4. The van der Waals surface area contributed by atoms with Crippen molar-refractivity contribution in [2.45, 2.75) is 33.1 Å². The molecule has 2 aromatic rings. The van der Waals surface area contributed by atoms with Crippen molar-refractivity contribution >= 4 is 5.91 Å². The molecule has 5 nitrogen and oxygen atoms in total. The van der Waals surface area contributed by atoms with E-state index in [-0.39, 0.29) is 17.6 Å². The maximum atomic E-state index is 13.1. The van der Waals surface area contributed by atoms with Gasteiger partial charge in [-0.05, 0) is 43.5 Å². The molecule has 2 rings (SSSR count). The van der Waals surface area contributed by atoms with E-state index >= 15 is 0 Å². The minimum atomic E-state index is -0.302.